The molecule has 1 aromatic carbocycles. The third kappa shape index (κ3) is 4.52. The van der Waals surface area contributed by atoms with Crippen LogP contribution in [0.4, 0.5) is 23.7 Å². The van der Waals surface area contributed by atoms with E-state index in [0.29, 0.717) is 0 Å². The number of hydrogen-bond donors (Lipinski definition) is 3. The van der Waals surface area contributed by atoms with Crippen LogP contribution in [0.2, 0.25) is 5.02 Å². The highest BCUT2D eigenvalue weighted by molar-refractivity contribution is 6.34. The summed E-state index contributed by atoms with van der Waals surface area (Å²) in [5, 5.41) is 12.5. The van der Waals surface area contributed by atoms with E-state index in [0.717, 1.165) is 12.1 Å². The van der Waals surface area contributed by atoms with Gasteiger partial charge in [-0.05, 0) is 18.6 Å². The molecule has 116 valence electrons. The van der Waals surface area contributed by atoms with Crippen LogP contribution in [-0.4, -0.2) is 23.1 Å². The Balaban J connectivity index is 2.98. The van der Waals surface area contributed by atoms with Crippen LogP contribution in [0.25, 0.3) is 0 Å². The summed E-state index contributed by atoms with van der Waals surface area (Å²) in [6.45, 7) is 1.51. The van der Waals surface area contributed by atoms with Gasteiger partial charge >= 0.3 is 18.2 Å². The third-order valence-electron chi connectivity index (χ3n) is 2.57. The van der Waals surface area contributed by atoms with Gasteiger partial charge in [-0.1, -0.05) is 24.6 Å². The molecule has 0 bridgehead atoms. The van der Waals surface area contributed by atoms with Crippen LogP contribution >= 0.6 is 11.6 Å². The van der Waals surface area contributed by atoms with Crippen molar-refractivity contribution in [2.24, 2.45) is 0 Å². The molecule has 3 N–H and O–H groups in total. The molecule has 0 unspecified atom stereocenters. The van der Waals surface area contributed by atoms with E-state index in [1.54, 1.807) is 0 Å². The molecule has 1 atom stereocenters. The van der Waals surface area contributed by atoms with Crippen molar-refractivity contribution in [3.05, 3.63) is 28.8 Å². The van der Waals surface area contributed by atoms with Crippen molar-refractivity contribution in [1.29, 1.82) is 0 Å². The first-order valence-electron chi connectivity index (χ1n) is 5.82. The van der Waals surface area contributed by atoms with Gasteiger partial charge in [0.25, 0.3) is 0 Å². The molecule has 1 rings (SSSR count). The lowest BCUT2D eigenvalue weighted by Crippen LogP contribution is -2.42. The molecule has 1 aromatic rings. The summed E-state index contributed by atoms with van der Waals surface area (Å²) in [5.74, 6) is -1.29. The number of nitrogens with one attached hydrogen (secondary N) is 2. The minimum absolute atomic E-state index is 0.0808. The van der Waals surface area contributed by atoms with Gasteiger partial charge in [-0.2, -0.15) is 13.2 Å². The highest BCUT2D eigenvalue weighted by atomic mass is 35.5. The fraction of sp³-hybridized carbons (Fsp3) is 0.333. The second-order valence-electron chi connectivity index (χ2n) is 4.06. The first kappa shape index (κ1) is 17.1. The number of aliphatic carboxylic acids is 1. The highest BCUT2D eigenvalue weighted by Gasteiger charge is 2.35. The Morgan fingerprint density at radius 3 is 2.48 bits per heavy atom. The summed E-state index contributed by atoms with van der Waals surface area (Å²) in [6, 6.07) is 0.752. The third-order valence-corrected chi connectivity index (χ3v) is 2.88. The zero-order valence-electron chi connectivity index (χ0n) is 10.8. The van der Waals surface area contributed by atoms with Crippen molar-refractivity contribution in [1.82, 2.24) is 5.32 Å². The molecular weight excluding hydrogens is 313 g/mol. The Bertz CT molecular complexity index is 549. The van der Waals surface area contributed by atoms with Gasteiger partial charge in [0.1, 0.15) is 6.04 Å². The van der Waals surface area contributed by atoms with Gasteiger partial charge in [0.15, 0.2) is 0 Å². The summed E-state index contributed by atoms with van der Waals surface area (Å²) in [5.41, 5.74) is -1.74. The fourth-order valence-electron chi connectivity index (χ4n) is 1.53. The van der Waals surface area contributed by atoms with Gasteiger partial charge in [-0.15, -0.1) is 0 Å². The standard InChI is InChI=1S/C12H12ClF3N2O3/c1-2-8(10(19)20)17-11(21)18-9-6(12(14,15)16)4-3-5-7(9)13/h3-5,8H,2H2,1H3,(H,19,20)(H2,17,18,21)/t8-/m1/s1. The molecule has 2 amide bonds. The number of rotatable bonds is 4. The molecule has 0 saturated heterocycles. The number of carboxylic acids is 1. The fourth-order valence-corrected chi connectivity index (χ4v) is 1.76. The first-order chi connectivity index (χ1) is 9.66. The number of alkyl halides is 3. The van der Waals surface area contributed by atoms with Crippen LogP contribution in [0.3, 0.4) is 0 Å². The number of benzene rings is 1. The Hall–Kier alpha value is -1.96. The minimum atomic E-state index is -4.70. The average molecular weight is 325 g/mol. The van der Waals surface area contributed by atoms with E-state index in [1.807, 2.05) is 10.6 Å². The molecule has 0 spiro atoms. The number of carbonyl (C=O) groups is 2. The molecule has 21 heavy (non-hydrogen) atoms. The Kier molecular flexibility index (Phi) is 5.42. The molecule has 0 aliphatic rings. The SMILES string of the molecule is CC[C@@H](NC(=O)Nc1c(Cl)cccc1C(F)(F)F)C(=O)O. The Labute approximate surface area is 123 Å². The maximum absolute atomic E-state index is 12.8. The summed E-state index contributed by atoms with van der Waals surface area (Å²) in [6.07, 6.45) is -4.62. The number of carboxylic acid groups (broad SMARTS) is 1. The summed E-state index contributed by atoms with van der Waals surface area (Å²) in [7, 11) is 0. The lowest BCUT2D eigenvalue weighted by molar-refractivity contribution is -0.139. The first-order valence-corrected chi connectivity index (χ1v) is 6.20. The maximum atomic E-state index is 12.8. The zero-order chi connectivity index (χ0) is 16.2. The number of halogens is 4. The van der Waals surface area contributed by atoms with Crippen LogP contribution in [0.15, 0.2) is 18.2 Å². The number of hydrogen-bond acceptors (Lipinski definition) is 2. The molecule has 0 saturated carbocycles. The van der Waals surface area contributed by atoms with Gasteiger partial charge in [-0.25, -0.2) is 9.59 Å². The number of urea groups is 1. The lowest BCUT2D eigenvalue weighted by Gasteiger charge is -2.17. The number of carbonyl (C=O) groups excluding carboxylic acids is 1. The van der Waals surface area contributed by atoms with E-state index in [9.17, 15) is 22.8 Å². The number of para-hydroxylation sites is 1. The molecule has 0 aromatic heterocycles. The quantitative estimate of drug-likeness (QED) is 0.794. The van der Waals surface area contributed by atoms with Crippen LogP contribution in [0.1, 0.15) is 18.9 Å². The van der Waals surface area contributed by atoms with Crippen molar-refractivity contribution in [3.8, 4) is 0 Å². The van der Waals surface area contributed by atoms with Gasteiger partial charge in [-0.3, -0.25) is 0 Å². The minimum Gasteiger partial charge on any atom is -0.480 e. The molecule has 0 aliphatic carbocycles. The van der Waals surface area contributed by atoms with Crippen LogP contribution in [0.5, 0.6) is 0 Å². The molecule has 0 aliphatic heterocycles. The van der Waals surface area contributed by atoms with Crippen molar-refractivity contribution in [2.45, 2.75) is 25.6 Å². The van der Waals surface area contributed by atoms with E-state index >= 15 is 0 Å². The summed E-state index contributed by atoms with van der Waals surface area (Å²) < 4.78 is 38.4. The predicted molar refractivity (Wildman–Crippen MR) is 70.3 cm³/mol. The number of amides is 2. The van der Waals surface area contributed by atoms with Crippen LogP contribution < -0.4 is 10.6 Å². The van der Waals surface area contributed by atoms with E-state index in [4.69, 9.17) is 16.7 Å². The summed E-state index contributed by atoms with van der Waals surface area (Å²) in [4.78, 5) is 22.4. The molecule has 0 fully saturated rings. The molecule has 0 heterocycles. The zero-order valence-corrected chi connectivity index (χ0v) is 11.5. The topological polar surface area (TPSA) is 78.4 Å². The second-order valence-corrected chi connectivity index (χ2v) is 4.46. The van der Waals surface area contributed by atoms with Crippen molar-refractivity contribution in [2.75, 3.05) is 5.32 Å². The molecule has 0 radical (unpaired) electrons. The predicted octanol–water partition coefficient (Wildman–Crippen LogP) is 3.34. The van der Waals surface area contributed by atoms with Gasteiger partial charge in [0.2, 0.25) is 0 Å². The Morgan fingerprint density at radius 1 is 1.38 bits per heavy atom. The normalized spacial score (nSPS) is 12.6. The Morgan fingerprint density at radius 2 is 2.00 bits per heavy atom. The largest absolute Gasteiger partial charge is 0.480 e. The molecular formula is C12H12ClF3N2O3. The van der Waals surface area contributed by atoms with Gasteiger partial charge in [0.05, 0.1) is 16.3 Å². The summed E-state index contributed by atoms with van der Waals surface area (Å²) >= 11 is 5.65. The van der Waals surface area contributed by atoms with Crippen LogP contribution in [0, 0.1) is 0 Å². The smallest absolute Gasteiger partial charge is 0.418 e. The van der Waals surface area contributed by atoms with Crippen molar-refractivity contribution >= 4 is 29.3 Å². The highest BCUT2D eigenvalue weighted by Crippen LogP contribution is 2.38. The van der Waals surface area contributed by atoms with Gasteiger partial charge < -0.3 is 15.7 Å². The van der Waals surface area contributed by atoms with Crippen molar-refractivity contribution in [3.63, 3.8) is 0 Å². The maximum Gasteiger partial charge on any atom is 0.418 e. The molecule has 9 heteroatoms. The second kappa shape index (κ2) is 6.66. The van der Waals surface area contributed by atoms with E-state index < -0.39 is 35.5 Å². The van der Waals surface area contributed by atoms with E-state index in [1.165, 1.54) is 13.0 Å². The lowest BCUT2D eigenvalue weighted by atomic mass is 10.1. The van der Waals surface area contributed by atoms with E-state index in [2.05, 4.69) is 0 Å². The van der Waals surface area contributed by atoms with Crippen molar-refractivity contribution < 1.29 is 27.9 Å². The average Bonchev–Trinajstić information content (AvgIpc) is 2.36. The monoisotopic (exact) mass is 324 g/mol. The molecule has 5 nitrogen and oxygen atoms in total. The van der Waals surface area contributed by atoms with E-state index in [-0.39, 0.29) is 11.4 Å². The van der Waals surface area contributed by atoms with Gasteiger partial charge in [0, 0.05) is 0 Å². The van der Waals surface area contributed by atoms with Crippen LogP contribution in [-0.2, 0) is 11.0 Å². The number of anilines is 1.